The Morgan fingerprint density at radius 3 is 2.76 bits per heavy atom. The van der Waals surface area contributed by atoms with E-state index in [0.29, 0.717) is 0 Å². The zero-order chi connectivity index (χ0) is 14.8. The predicted molar refractivity (Wildman–Crippen MR) is 79.0 cm³/mol. The van der Waals surface area contributed by atoms with Crippen LogP contribution >= 0.6 is 0 Å². The summed E-state index contributed by atoms with van der Waals surface area (Å²) in [6.07, 6.45) is 0.835. The number of benzene rings is 2. The highest BCUT2D eigenvalue weighted by molar-refractivity contribution is 5.97. The largest absolute Gasteiger partial charge is 0.481 e. The molecule has 0 N–H and O–H groups in total. The Morgan fingerprint density at radius 1 is 1.24 bits per heavy atom. The molecule has 0 unspecified atom stereocenters. The summed E-state index contributed by atoms with van der Waals surface area (Å²) in [5.41, 5.74) is 2.08. The molecule has 1 aliphatic rings. The summed E-state index contributed by atoms with van der Waals surface area (Å²) < 4.78 is 18.8. The number of halogens is 1. The number of hydrogen-bond acceptors (Lipinski definition) is 2. The monoisotopic (exact) mass is 285 g/mol. The lowest BCUT2D eigenvalue weighted by Gasteiger charge is -2.22. The molecule has 0 radical (unpaired) electrons. The molecule has 0 spiro atoms. The van der Waals surface area contributed by atoms with Gasteiger partial charge in [-0.15, -0.1) is 0 Å². The Bertz CT molecular complexity index is 671. The second-order valence-corrected chi connectivity index (χ2v) is 5.16. The highest BCUT2D eigenvalue weighted by atomic mass is 19.1. The van der Waals surface area contributed by atoms with Crippen molar-refractivity contribution >= 4 is 11.6 Å². The van der Waals surface area contributed by atoms with Gasteiger partial charge >= 0.3 is 0 Å². The molecule has 3 rings (SSSR count). The predicted octanol–water partition coefficient (Wildman–Crippen LogP) is 3.18. The van der Waals surface area contributed by atoms with Crippen LogP contribution in [0.4, 0.5) is 10.1 Å². The van der Waals surface area contributed by atoms with E-state index < -0.39 is 5.82 Å². The van der Waals surface area contributed by atoms with Gasteiger partial charge in [-0.1, -0.05) is 30.3 Å². The molecule has 2 aromatic rings. The van der Waals surface area contributed by atoms with Crippen molar-refractivity contribution in [2.75, 3.05) is 11.5 Å². The van der Waals surface area contributed by atoms with E-state index in [1.807, 2.05) is 31.2 Å². The van der Waals surface area contributed by atoms with Crippen molar-refractivity contribution in [3.05, 3.63) is 59.9 Å². The molecule has 2 aromatic carbocycles. The molecular formula is C17H16FNO2. The molecule has 4 heteroatoms. The molecule has 0 aromatic heterocycles. The Hall–Kier alpha value is -2.36. The summed E-state index contributed by atoms with van der Waals surface area (Å²) in [4.78, 5) is 14.1. The first-order valence-electron chi connectivity index (χ1n) is 6.94. The Kier molecular flexibility index (Phi) is 3.60. The number of hydrogen-bond donors (Lipinski definition) is 0. The number of rotatable bonds is 3. The molecule has 1 heterocycles. The number of amides is 1. The maximum Gasteiger partial charge on any atom is 0.265 e. The van der Waals surface area contributed by atoms with Crippen molar-refractivity contribution in [2.24, 2.45) is 0 Å². The summed E-state index contributed by atoms with van der Waals surface area (Å²) in [6.45, 7) is 1.83. The lowest BCUT2D eigenvalue weighted by molar-refractivity contribution is -0.120. The van der Waals surface area contributed by atoms with Crippen molar-refractivity contribution in [3.8, 4) is 5.75 Å². The average molecular weight is 285 g/mol. The molecule has 1 amide bonds. The van der Waals surface area contributed by atoms with Gasteiger partial charge in [0.25, 0.3) is 5.91 Å². The first-order valence-corrected chi connectivity index (χ1v) is 6.94. The third-order valence-electron chi connectivity index (χ3n) is 3.66. The van der Waals surface area contributed by atoms with Crippen LogP contribution < -0.4 is 9.64 Å². The van der Waals surface area contributed by atoms with E-state index in [1.54, 1.807) is 17.0 Å². The van der Waals surface area contributed by atoms with Crippen molar-refractivity contribution in [1.29, 1.82) is 0 Å². The zero-order valence-corrected chi connectivity index (χ0v) is 11.8. The quantitative estimate of drug-likeness (QED) is 0.867. The highest BCUT2D eigenvalue weighted by Gasteiger charge is 2.30. The molecule has 0 fully saturated rings. The smallest absolute Gasteiger partial charge is 0.265 e. The van der Waals surface area contributed by atoms with E-state index in [2.05, 4.69) is 0 Å². The number of carbonyl (C=O) groups is 1. The number of anilines is 1. The first kappa shape index (κ1) is 13.6. The molecule has 0 saturated carbocycles. The van der Waals surface area contributed by atoms with E-state index in [0.717, 1.165) is 17.7 Å². The minimum Gasteiger partial charge on any atom is -0.481 e. The summed E-state index contributed by atoms with van der Waals surface area (Å²) in [5, 5.41) is 0. The van der Waals surface area contributed by atoms with Gasteiger partial charge in [0.2, 0.25) is 0 Å². The third kappa shape index (κ3) is 2.61. The fraction of sp³-hybridized carbons (Fsp3) is 0.235. The van der Waals surface area contributed by atoms with Crippen LogP contribution in [-0.2, 0) is 11.2 Å². The van der Waals surface area contributed by atoms with Crippen molar-refractivity contribution < 1.29 is 13.9 Å². The second kappa shape index (κ2) is 5.56. The zero-order valence-electron chi connectivity index (χ0n) is 11.8. The van der Waals surface area contributed by atoms with Gasteiger partial charge in [-0.3, -0.25) is 4.79 Å². The number of carbonyl (C=O) groups excluding carboxylic acids is 1. The lowest BCUT2D eigenvalue weighted by Crippen LogP contribution is -2.39. The first-order chi connectivity index (χ1) is 10.2. The normalized spacial score (nSPS) is 16.7. The molecule has 0 saturated heterocycles. The SMILES string of the molecule is C[C@H]1Cc2ccccc2N1C(=O)COc1ccccc1F. The molecule has 0 bridgehead atoms. The van der Waals surface area contributed by atoms with Crippen LogP contribution in [0.5, 0.6) is 5.75 Å². The van der Waals surface area contributed by atoms with Crippen LogP contribution in [0.25, 0.3) is 0 Å². The van der Waals surface area contributed by atoms with E-state index in [-0.39, 0.29) is 24.3 Å². The Balaban J connectivity index is 1.73. The average Bonchev–Trinajstić information content (AvgIpc) is 2.82. The molecular weight excluding hydrogens is 269 g/mol. The van der Waals surface area contributed by atoms with Crippen LogP contribution in [0.2, 0.25) is 0 Å². The van der Waals surface area contributed by atoms with Gasteiger partial charge in [-0.2, -0.15) is 0 Å². The van der Waals surface area contributed by atoms with Crippen molar-refractivity contribution in [1.82, 2.24) is 0 Å². The summed E-state index contributed by atoms with van der Waals surface area (Å²) in [5.74, 6) is -0.512. The van der Waals surface area contributed by atoms with Crippen molar-refractivity contribution in [3.63, 3.8) is 0 Å². The third-order valence-corrected chi connectivity index (χ3v) is 3.66. The van der Waals surface area contributed by atoms with Gasteiger partial charge in [0.1, 0.15) is 0 Å². The summed E-state index contributed by atoms with van der Waals surface area (Å²) >= 11 is 0. The Morgan fingerprint density at radius 2 is 1.95 bits per heavy atom. The maximum absolute atomic E-state index is 13.5. The lowest BCUT2D eigenvalue weighted by atomic mass is 10.1. The van der Waals surface area contributed by atoms with Gasteiger partial charge in [0.15, 0.2) is 18.2 Å². The molecule has 1 atom stereocenters. The molecule has 0 aliphatic carbocycles. The minimum absolute atomic E-state index is 0.0964. The van der Waals surface area contributed by atoms with Gasteiger partial charge in [-0.05, 0) is 37.1 Å². The van der Waals surface area contributed by atoms with Crippen molar-refractivity contribution in [2.45, 2.75) is 19.4 Å². The number of ether oxygens (including phenoxy) is 1. The molecule has 21 heavy (non-hydrogen) atoms. The van der Waals surface area contributed by atoms with E-state index >= 15 is 0 Å². The van der Waals surface area contributed by atoms with Gasteiger partial charge in [0.05, 0.1) is 0 Å². The minimum atomic E-state index is -0.458. The number of fused-ring (bicyclic) bond motifs is 1. The van der Waals surface area contributed by atoms with Gasteiger partial charge in [0, 0.05) is 11.7 Å². The van der Waals surface area contributed by atoms with E-state index in [4.69, 9.17) is 4.74 Å². The summed E-state index contributed by atoms with van der Waals surface area (Å²) in [7, 11) is 0. The van der Waals surface area contributed by atoms with Gasteiger partial charge < -0.3 is 9.64 Å². The van der Waals surface area contributed by atoms with E-state index in [9.17, 15) is 9.18 Å². The molecule has 1 aliphatic heterocycles. The number of nitrogens with zero attached hydrogens (tertiary/aromatic N) is 1. The second-order valence-electron chi connectivity index (χ2n) is 5.16. The van der Waals surface area contributed by atoms with Crippen LogP contribution in [0.3, 0.4) is 0 Å². The highest BCUT2D eigenvalue weighted by Crippen LogP contribution is 2.31. The van der Waals surface area contributed by atoms with Crippen LogP contribution in [0, 0.1) is 5.82 Å². The summed E-state index contributed by atoms with van der Waals surface area (Å²) in [6, 6.07) is 14.0. The van der Waals surface area contributed by atoms with Gasteiger partial charge in [-0.25, -0.2) is 4.39 Å². The fourth-order valence-corrected chi connectivity index (χ4v) is 2.72. The fourth-order valence-electron chi connectivity index (χ4n) is 2.72. The standard InChI is InChI=1S/C17H16FNO2/c1-12-10-13-6-2-4-8-15(13)19(12)17(20)11-21-16-9-5-3-7-14(16)18/h2-9,12H,10-11H2,1H3/t12-/m0/s1. The Labute approximate surface area is 123 Å². The van der Waals surface area contributed by atoms with Crippen LogP contribution in [0.15, 0.2) is 48.5 Å². The van der Waals surface area contributed by atoms with E-state index in [1.165, 1.54) is 12.1 Å². The topological polar surface area (TPSA) is 29.5 Å². The molecule has 108 valence electrons. The molecule has 3 nitrogen and oxygen atoms in total. The van der Waals surface area contributed by atoms with Crippen LogP contribution in [-0.4, -0.2) is 18.6 Å². The van der Waals surface area contributed by atoms with Crippen LogP contribution in [0.1, 0.15) is 12.5 Å². The number of para-hydroxylation sites is 2. The maximum atomic E-state index is 13.5.